The van der Waals surface area contributed by atoms with Crippen LogP contribution in [-0.2, 0) is 11.3 Å². The van der Waals surface area contributed by atoms with Crippen molar-refractivity contribution in [1.29, 1.82) is 0 Å². The minimum Gasteiger partial charge on any atom is -0.391 e. The first-order valence-corrected chi connectivity index (χ1v) is 9.83. The Balaban J connectivity index is 1.35. The molecule has 0 radical (unpaired) electrons. The van der Waals surface area contributed by atoms with E-state index in [1.54, 1.807) is 0 Å². The number of hydrogen-bond donors (Lipinski definition) is 3. The van der Waals surface area contributed by atoms with Crippen LogP contribution in [0, 0.1) is 0 Å². The van der Waals surface area contributed by atoms with Crippen molar-refractivity contribution in [3.63, 3.8) is 0 Å². The summed E-state index contributed by atoms with van der Waals surface area (Å²) >= 11 is 0. The van der Waals surface area contributed by atoms with Crippen LogP contribution in [0.2, 0.25) is 0 Å². The second-order valence-electron chi connectivity index (χ2n) is 7.49. The molecule has 1 amide bonds. The van der Waals surface area contributed by atoms with Gasteiger partial charge in [-0.1, -0.05) is 48.7 Å². The molecule has 1 saturated heterocycles. The van der Waals surface area contributed by atoms with Crippen LogP contribution in [0.25, 0.3) is 11.4 Å². The lowest BCUT2D eigenvalue weighted by Gasteiger charge is -2.17. The van der Waals surface area contributed by atoms with Gasteiger partial charge in [-0.15, -0.1) is 0 Å². The summed E-state index contributed by atoms with van der Waals surface area (Å²) in [5, 5.41) is 19.8. The Morgan fingerprint density at radius 2 is 1.96 bits per heavy atom. The summed E-state index contributed by atoms with van der Waals surface area (Å²) in [4.78, 5) is 16.7. The predicted octanol–water partition coefficient (Wildman–Crippen LogP) is 2.12. The predicted molar refractivity (Wildman–Crippen MR) is 99.8 cm³/mol. The summed E-state index contributed by atoms with van der Waals surface area (Å²) in [6.45, 7) is 1.09. The van der Waals surface area contributed by atoms with Crippen molar-refractivity contribution >= 4 is 5.91 Å². The SMILES string of the molecule is O=C(NCc1ccc(-c2noc(C3CCCCC3)n2)cc1)C1NCCC1O. The highest BCUT2D eigenvalue weighted by Crippen LogP contribution is 2.32. The van der Waals surface area contributed by atoms with Crippen molar-refractivity contribution in [1.82, 2.24) is 20.8 Å². The molecule has 2 atom stereocenters. The van der Waals surface area contributed by atoms with E-state index in [4.69, 9.17) is 4.52 Å². The zero-order chi connectivity index (χ0) is 18.6. The molecular formula is C20H26N4O3. The van der Waals surface area contributed by atoms with Crippen LogP contribution in [0.1, 0.15) is 55.9 Å². The summed E-state index contributed by atoms with van der Waals surface area (Å²) < 4.78 is 5.49. The van der Waals surface area contributed by atoms with E-state index >= 15 is 0 Å². The van der Waals surface area contributed by atoms with Gasteiger partial charge in [0.2, 0.25) is 17.6 Å². The molecule has 0 spiro atoms. The maximum Gasteiger partial charge on any atom is 0.240 e. The maximum absolute atomic E-state index is 12.1. The number of benzene rings is 1. The van der Waals surface area contributed by atoms with Gasteiger partial charge in [-0.3, -0.25) is 4.79 Å². The summed E-state index contributed by atoms with van der Waals surface area (Å²) in [6.07, 6.45) is 6.03. The molecule has 2 aliphatic rings. The van der Waals surface area contributed by atoms with E-state index in [0.29, 0.717) is 31.3 Å². The second kappa shape index (κ2) is 8.19. The number of amides is 1. The third-order valence-electron chi connectivity index (χ3n) is 5.55. The van der Waals surface area contributed by atoms with E-state index in [-0.39, 0.29) is 5.91 Å². The number of nitrogens with one attached hydrogen (secondary N) is 2. The van der Waals surface area contributed by atoms with Crippen molar-refractivity contribution < 1.29 is 14.4 Å². The summed E-state index contributed by atoms with van der Waals surface area (Å²) in [7, 11) is 0. The normalized spacial score (nSPS) is 23.4. The molecule has 144 valence electrons. The summed E-state index contributed by atoms with van der Waals surface area (Å²) in [5.41, 5.74) is 1.89. The molecule has 7 nitrogen and oxygen atoms in total. The topological polar surface area (TPSA) is 100 Å². The molecule has 4 rings (SSSR count). The lowest BCUT2D eigenvalue weighted by atomic mass is 9.89. The van der Waals surface area contributed by atoms with Crippen molar-refractivity contribution in [3.8, 4) is 11.4 Å². The maximum atomic E-state index is 12.1. The van der Waals surface area contributed by atoms with Crippen LogP contribution < -0.4 is 10.6 Å². The van der Waals surface area contributed by atoms with E-state index in [2.05, 4.69) is 20.8 Å². The number of aliphatic hydroxyl groups is 1. The molecular weight excluding hydrogens is 344 g/mol. The van der Waals surface area contributed by atoms with Gasteiger partial charge >= 0.3 is 0 Å². The number of aromatic nitrogens is 2. The third-order valence-corrected chi connectivity index (χ3v) is 5.55. The first kappa shape index (κ1) is 18.1. The van der Waals surface area contributed by atoms with Gasteiger partial charge in [0.25, 0.3) is 0 Å². The molecule has 1 aromatic carbocycles. The second-order valence-corrected chi connectivity index (χ2v) is 7.49. The Hall–Kier alpha value is -2.25. The Morgan fingerprint density at radius 3 is 2.67 bits per heavy atom. The van der Waals surface area contributed by atoms with Gasteiger partial charge in [-0.05, 0) is 31.4 Å². The van der Waals surface area contributed by atoms with Gasteiger partial charge in [-0.2, -0.15) is 4.98 Å². The number of carbonyl (C=O) groups is 1. The molecule has 2 heterocycles. The van der Waals surface area contributed by atoms with Gasteiger partial charge in [0.05, 0.1) is 6.10 Å². The van der Waals surface area contributed by atoms with E-state index in [0.717, 1.165) is 29.9 Å². The van der Waals surface area contributed by atoms with Gasteiger partial charge in [0, 0.05) is 18.0 Å². The van der Waals surface area contributed by atoms with Gasteiger partial charge in [0.1, 0.15) is 6.04 Å². The summed E-state index contributed by atoms with van der Waals surface area (Å²) in [5.74, 6) is 1.60. The fourth-order valence-corrected chi connectivity index (χ4v) is 3.90. The Morgan fingerprint density at radius 1 is 1.19 bits per heavy atom. The minimum absolute atomic E-state index is 0.167. The average molecular weight is 370 g/mol. The van der Waals surface area contributed by atoms with Crippen LogP contribution in [0.3, 0.4) is 0 Å². The molecule has 7 heteroatoms. The fourth-order valence-electron chi connectivity index (χ4n) is 3.90. The number of aliphatic hydroxyl groups excluding tert-OH is 1. The highest BCUT2D eigenvalue weighted by atomic mass is 16.5. The van der Waals surface area contributed by atoms with Crippen molar-refractivity contribution in [2.45, 2.75) is 63.1 Å². The van der Waals surface area contributed by atoms with Gasteiger partial charge in [0.15, 0.2) is 0 Å². The fraction of sp³-hybridized carbons (Fsp3) is 0.550. The lowest BCUT2D eigenvalue weighted by molar-refractivity contribution is -0.124. The first-order chi connectivity index (χ1) is 13.2. The van der Waals surface area contributed by atoms with E-state index in [1.165, 1.54) is 19.3 Å². The largest absolute Gasteiger partial charge is 0.391 e. The van der Waals surface area contributed by atoms with E-state index < -0.39 is 12.1 Å². The van der Waals surface area contributed by atoms with E-state index in [9.17, 15) is 9.90 Å². The lowest BCUT2D eigenvalue weighted by Crippen LogP contribution is -2.45. The quantitative estimate of drug-likeness (QED) is 0.745. The van der Waals surface area contributed by atoms with Gasteiger partial charge < -0.3 is 20.3 Å². The number of carbonyl (C=O) groups excluding carboxylic acids is 1. The van der Waals surface area contributed by atoms with E-state index in [1.807, 2.05) is 24.3 Å². The standard InChI is InChI=1S/C20H26N4O3/c25-16-10-11-21-17(16)19(26)22-12-13-6-8-14(9-7-13)18-23-20(27-24-18)15-4-2-1-3-5-15/h6-9,15-17,21,25H,1-5,10-12H2,(H,22,26). The molecule has 1 aliphatic carbocycles. The van der Waals surface area contributed by atoms with Crippen LogP contribution >= 0.6 is 0 Å². The molecule has 0 bridgehead atoms. The summed E-state index contributed by atoms with van der Waals surface area (Å²) in [6, 6.07) is 7.27. The van der Waals surface area contributed by atoms with Crippen molar-refractivity contribution in [3.05, 3.63) is 35.7 Å². The Bertz CT molecular complexity index is 768. The van der Waals surface area contributed by atoms with Crippen LogP contribution in [-0.4, -0.2) is 39.8 Å². The minimum atomic E-state index is -0.607. The smallest absolute Gasteiger partial charge is 0.240 e. The molecule has 1 saturated carbocycles. The Labute approximate surface area is 158 Å². The average Bonchev–Trinajstić information content (AvgIpc) is 3.37. The number of rotatable bonds is 5. The molecule has 2 fully saturated rings. The molecule has 2 aromatic rings. The molecule has 2 unspecified atom stereocenters. The molecule has 3 N–H and O–H groups in total. The monoisotopic (exact) mass is 370 g/mol. The van der Waals surface area contributed by atoms with Crippen LogP contribution in [0.15, 0.2) is 28.8 Å². The van der Waals surface area contributed by atoms with Gasteiger partial charge in [-0.25, -0.2) is 0 Å². The van der Waals surface area contributed by atoms with Crippen LogP contribution in [0.4, 0.5) is 0 Å². The first-order valence-electron chi connectivity index (χ1n) is 9.83. The van der Waals surface area contributed by atoms with Crippen molar-refractivity contribution in [2.75, 3.05) is 6.54 Å². The van der Waals surface area contributed by atoms with Crippen LogP contribution in [0.5, 0.6) is 0 Å². The third kappa shape index (κ3) is 4.20. The Kier molecular flexibility index (Phi) is 5.50. The zero-order valence-electron chi connectivity index (χ0n) is 15.4. The molecule has 27 heavy (non-hydrogen) atoms. The number of nitrogens with zero attached hydrogens (tertiary/aromatic N) is 2. The molecule has 1 aliphatic heterocycles. The zero-order valence-corrected chi connectivity index (χ0v) is 15.4. The highest BCUT2D eigenvalue weighted by Gasteiger charge is 2.30. The molecule has 1 aromatic heterocycles. The van der Waals surface area contributed by atoms with Crippen molar-refractivity contribution in [2.24, 2.45) is 0 Å². The highest BCUT2D eigenvalue weighted by molar-refractivity contribution is 5.82. The number of hydrogen-bond acceptors (Lipinski definition) is 6.